The number of ether oxygens (including phenoxy) is 4. The molecule has 0 heterocycles. The van der Waals surface area contributed by atoms with E-state index in [4.69, 9.17) is 18.9 Å². The maximum atomic E-state index is 12.4. The lowest BCUT2D eigenvalue weighted by Crippen LogP contribution is -2.07. The van der Waals surface area contributed by atoms with Crippen LogP contribution in [0.3, 0.4) is 0 Å². The van der Waals surface area contributed by atoms with Gasteiger partial charge in [0.15, 0.2) is 0 Å². The van der Waals surface area contributed by atoms with Crippen molar-refractivity contribution in [1.82, 2.24) is 0 Å². The zero-order valence-electron chi connectivity index (χ0n) is 17.7. The second-order valence-corrected chi connectivity index (χ2v) is 6.96. The van der Waals surface area contributed by atoms with Gasteiger partial charge >= 0.3 is 11.9 Å². The third-order valence-corrected chi connectivity index (χ3v) is 4.21. The molecule has 0 fully saturated rings. The smallest absolute Gasteiger partial charge is 0.343 e. The number of hydrogen-bond donors (Lipinski definition) is 0. The molecule has 0 amide bonds. The van der Waals surface area contributed by atoms with Crippen LogP contribution in [0.2, 0.25) is 0 Å². The van der Waals surface area contributed by atoms with E-state index in [-0.39, 0.29) is 5.97 Å². The van der Waals surface area contributed by atoms with Crippen molar-refractivity contribution in [2.75, 3.05) is 20.3 Å². The van der Waals surface area contributed by atoms with Crippen molar-refractivity contribution < 1.29 is 28.5 Å². The number of allylic oxidation sites excluding steroid dienone is 4. The third-order valence-electron chi connectivity index (χ3n) is 4.21. The molecule has 1 aromatic rings. The molecule has 160 valence electrons. The lowest BCUT2D eigenvalue weighted by atomic mass is 10.2. The molecule has 1 aliphatic rings. The Morgan fingerprint density at radius 1 is 1.07 bits per heavy atom. The van der Waals surface area contributed by atoms with E-state index in [2.05, 4.69) is 6.58 Å². The van der Waals surface area contributed by atoms with E-state index < -0.39 is 5.97 Å². The number of carbonyl (C=O) groups excluding carboxylic acids is 2. The highest BCUT2D eigenvalue weighted by molar-refractivity contribution is 5.90. The lowest BCUT2D eigenvalue weighted by molar-refractivity contribution is -0.139. The SMILES string of the molecule is C=C(C)C(=O)OCCCCOc1ccc(C(=O)OC2=CC=C(OC)C=C(C)C2)cc1. The van der Waals surface area contributed by atoms with Gasteiger partial charge < -0.3 is 18.9 Å². The van der Waals surface area contributed by atoms with E-state index in [9.17, 15) is 9.59 Å². The molecule has 6 nitrogen and oxygen atoms in total. The minimum atomic E-state index is -0.422. The lowest BCUT2D eigenvalue weighted by Gasteiger charge is -2.09. The standard InChI is InChI=1S/C24H28O6/c1-17(2)23(25)29-14-6-5-13-28-20-9-7-19(8-10-20)24(26)30-22-12-11-21(27-4)15-18(3)16-22/h7-12,15H,1,5-6,13-14,16H2,2-4H3. The summed E-state index contributed by atoms with van der Waals surface area (Å²) >= 11 is 0. The molecule has 0 aromatic heterocycles. The minimum Gasteiger partial charge on any atom is -0.497 e. The van der Waals surface area contributed by atoms with Crippen molar-refractivity contribution in [3.63, 3.8) is 0 Å². The van der Waals surface area contributed by atoms with Gasteiger partial charge in [-0.2, -0.15) is 0 Å². The first kappa shape index (κ1) is 23.0. The second kappa shape index (κ2) is 11.7. The highest BCUT2D eigenvalue weighted by atomic mass is 16.5. The molecule has 0 radical (unpaired) electrons. The quantitative estimate of drug-likeness (QED) is 0.310. The van der Waals surface area contributed by atoms with Gasteiger partial charge in [0.05, 0.1) is 25.9 Å². The number of methoxy groups -OCH3 is 1. The molecule has 6 heteroatoms. The number of benzene rings is 1. The van der Waals surface area contributed by atoms with Crippen molar-refractivity contribution in [1.29, 1.82) is 0 Å². The van der Waals surface area contributed by atoms with Gasteiger partial charge in [-0.1, -0.05) is 12.2 Å². The van der Waals surface area contributed by atoms with E-state index in [1.165, 1.54) is 0 Å². The van der Waals surface area contributed by atoms with Gasteiger partial charge in [0.25, 0.3) is 0 Å². The van der Waals surface area contributed by atoms with Crippen molar-refractivity contribution in [2.24, 2.45) is 0 Å². The van der Waals surface area contributed by atoms with Crippen LogP contribution >= 0.6 is 0 Å². The fourth-order valence-electron chi connectivity index (χ4n) is 2.60. The van der Waals surface area contributed by atoms with E-state index in [1.54, 1.807) is 50.5 Å². The van der Waals surface area contributed by atoms with Gasteiger partial charge in [-0.25, -0.2) is 9.59 Å². The summed E-state index contributed by atoms with van der Waals surface area (Å²) in [4.78, 5) is 23.7. The number of hydrogen-bond acceptors (Lipinski definition) is 6. The summed E-state index contributed by atoms with van der Waals surface area (Å²) in [7, 11) is 1.60. The first-order valence-corrected chi connectivity index (χ1v) is 9.78. The molecule has 0 aliphatic heterocycles. The molecule has 30 heavy (non-hydrogen) atoms. The maximum absolute atomic E-state index is 12.4. The molecule has 1 aliphatic carbocycles. The van der Waals surface area contributed by atoms with E-state index in [0.717, 1.165) is 12.0 Å². The third kappa shape index (κ3) is 7.62. The molecule has 0 saturated carbocycles. The topological polar surface area (TPSA) is 71.1 Å². The van der Waals surface area contributed by atoms with Gasteiger partial charge in [0, 0.05) is 12.0 Å². The van der Waals surface area contributed by atoms with Crippen LogP contribution in [0.5, 0.6) is 5.75 Å². The second-order valence-electron chi connectivity index (χ2n) is 6.96. The zero-order chi connectivity index (χ0) is 21.9. The first-order chi connectivity index (χ1) is 14.4. The number of esters is 2. The van der Waals surface area contributed by atoms with E-state index in [1.807, 2.05) is 13.0 Å². The zero-order valence-corrected chi connectivity index (χ0v) is 17.7. The Hall–Kier alpha value is -3.28. The van der Waals surface area contributed by atoms with E-state index in [0.29, 0.717) is 54.5 Å². The maximum Gasteiger partial charge on any atom is 0.343 e. The largest absolute Gasteiger partial charge is 0.497 e. The van der Waals surface area contributed by atoms with Crippen molar-refractivity contribution >= 4 is 11.9 Å². The van der Waals surface area contributed by atoms with Gasteiger partial charge in [0.1, 0.15) is 17.3 Å². The van der Waals surface area contributed by atoms with Crippen LogP contribution in [0.25, 0.3) is 0 Å². The van der Waals surface area contributed by atoms with Crippen molar-refractivity contribution in [3.8, 4) is 5.75 Å². The van der Waals surface area contributed by atoms with Crippen LogP contribution < -0.4 is 4.74 Å². The van der Waals surface area contributed by atoms with Gasteiger partial charge in [-0.05, 0) is 69.2 Å². The summed E-state index contributed by atoms with van der Waals surface area (Å²) in [6.45, 7) is 7.93. The highest BCUT2D eigenvalue weighted by Gasteiger charge is 2.13. The first-order valence-electron chi connectivity index (χ1n) is 9.78. The summed E-state index contributed by atoms with van der Waals surface area (Å²) in [6, 6.07) is 6.80. The molecule has 0 atom stereocenters. The molecular formula is C24H28O6. The van der Waals surface area contributed by atoms with Gasteiger partial charge in [-0.3, -0.25) is 0 Å². The average Bonchev–Trinajstić information content (AvgIpc) is 2.91. The molecular weight excluding hydrogens is 384 g/mol. The summed E-state index contributed by atoms with van der Waals surface area (Å²) in [5.74, 6) is 1.14. The molecule has 1 aromatic carbocycles. The molecule has 0 N–H and O–H groups in total. The Labute approximate surface area is 177 Å². The predicted molar refractivity (Wildman–Crippen MR) is 114 cm³/mol. The Balaban J connectivity index is 1.77. The average molecular weight is 412 g/mol. The Bertz CT molecular complexity index is 858. The number of unbranched alkanes of at least 4 members (excludes halogenated alkanes) is 1. The Morgan fingerprint density at radius 2 is 1.77 bits per heavy atom. The highest BCUT2D eigenvalue weighted by Crippen LogP contribution is 2.21. The molecule has 0 saturated heterocycles. The van der Waals surface area contributed by atoms with Crippen molar-refractivity contribution in [3.05, 3.63) is 77.3 Å². The van der Waals surface area contributed by atoms with Crippen LogP contribution in [-0.4, -0.2) is 32.3 Å². The normalized spacial score (nSPS) is 13.2. The number of carbonyl (C=O) groups is 2. The predicted octanol–water partition coefficient (Wildman–Crippen LogP) is 4.89. The Morgan fingerprint density at radius 3 is 2.43 bits per heavy atom. The summed E-state index contributed by atoms with van der Waals surface area (Å²) in [6.07, 6.45) is 7.41. The number of rotatable bonds is 10. The van der Waals surface area contributed by atoms with Crippen LogP contribution in [0.15, 0.2) is 71.7 Å². The summed E-state index contributed by atoms with van der Waals surface area (Å²) in [5, 5.41) is 0. The van der Waals surface area contributed by atoms with Gasteiger partial charge in [0.2, 0.25) is 0 Å². The Kier molecular flexibility index (Phi) is 8.94. The van der Waals surface area contributed by atoms with Gasteiger partial charge in [-0.15, -0.1) is 0 Å². The molecule has 0 spiro atoms. The molecule has 0 bridgehead atoms. The fraction of sp³-hybridized carbons (Fsp3) is 0.333. The van der Waals surface area contributed by atoms with Crippen LogP contribution in [0.4, 0.5) is 0 Å². The van der Waals surface area contributed by atoms with Crippen LogP contribution in [-0.2, 0) is 19.0 Å². The van der Waals surface area contributed by atoms with Crippen LogP contribution in [0.1, 0.15) is 43.5 Å². The molecule has 2 rings (SSSR count). The minimum absolute atomic E-state index is 0.339. The molecule has 0 unspecified atom stereocenters. The monoisotopic (exact) mass is 412 g/mol. The van der Waals surface area contributed by atoms with E-state index >= 15 is 0 Å². The summed E-state index contributed by atoms with van der Waals surface area (Å²) in [5.41, 5.74) is 1.87. The fourth-order valence-corrected chi connectivity index (χ4v) is 2.60. The van der Waals surface area contributed by atoms with Crippen LogP contribution in [0, 0.1) is 0 Å². The van der Waals surface area contributed by atoms with Crippen molar-refractivity contribution in [2.45, 2.75) is 33.1 Å². The summed E-state index contributed by atoms with van der Waals surface area (Å²) < 4.78 is 21.4.